The molecule has 0 bridgehead atoms. The number of nitrogens with zero attached hydrogens (tertiary/aromatic N) is 4. The lowest BCUT2D eigenvalue weighted by atomic mass is 10.0. The molecular formula is C28H26ClN7O3S. The number of para-hydroxylation sites is 1. The standard InChI is InChI=1S/C28H26ClN7O3S/c1-16-12-13-18(35-40(3,38)39)14-20(16)21-15-31-28(30)34-25(21)32-17(2)26-33-23-11-7-10-22(29)24(23)27(37)36(26)19-8-5-4-6-9-19/h4-15,17,35H,1-3H3,(H3,30,31,32,34)/t17-/m0/s1. The van der Waals surface area contributed by atoms with Crippen LogP contribution in [-0.4, -0.2) is 34.2 Å². The molecule has 0 fully saturated rings. The number of halogens is 1. The Kier molecular flexibility index (Phi) is 7.17. The molecule has 2 aromatic heterocycles. The number of nitrogens with one attached hydrogen (secondary N) is 2. The van der Waals surface area contributed by atoms with Crippen molar-refractivity contribution in [2.75, 3.05) is 22.0 Å². The third-order valence-corrected chi connectivity index (χ3v) is 7.19. The number of nitrogen functional groups attached to an aromatic ring is 1. The molecule has 10 nitrogen and oxygen atoms in total. The lowest BCUT2D eigenvalue weighted by Gasteiger charge is -2.22. The number of hydrogen-bond acceptors (Lipinski definition) is 8. The lowest BCUT2D eigenvalue weighted by molar-refractivity contribution is 0.607. The number of hydrogen-bond donors (Lipinski definition) is 3. The second kappa shape index (κ2) is 10.6. The Bertz CT molecular complexity index is 1910. The first kappa shape index (κ1) is 27.1. The quantitative estimate of drug-likeness (QED) is 0.248. The highest BCUT2D eigenvalue weighted by molar-refractivity contribution is 7.92. The molecule has 12 heteroatoms. The van der Waals surface area contributed by atoms with Gasteiger partial charge in [0.1, 0.15) is 11.6 Å². The third kappa shape index (κ3) is 5.47. The van der Waals surface area contributed by atoms with Crippen LogP contribution in [0.4, 0.5) is 17.5 Å². The van der Waals surface area contributed by atoms with Crippen LogP contribution >= 0.6 is 11.6 Å². The van der Waals surface area contributed by atoms with Gasteiger partial charge in [-0.05, 0) is 61.4 Å². The summed E-state index contributed by atoms with van der Waals surface area (Å²) >= 11 is 6.41. The maximum atomic E-state index is 13.8. The van der Waals surface area contributed by atoms with Crippen LogP contribution in [0, 0.1) is 6.92 Å². The van der Waals surface area contributed by atoms with E-state index in [0.29, 0.717) is 50.1 Å². The number of anilines is 3. The van der Waals surface area contributed by atoms with Crippen molar-refractivity contribution in [3.8, 4) is 16.8 Å². The number of nitrogens with two attached hydrogens (primary N) is 1. The van der Waals surface area contributed by atoms with E-state index in [1.807, 2.05) is 44.2 Å². The Labute approximate surface area is 235 Å². The molecule has 40 heavy (non-hydrogen) atoms. The first-order valence-electron chi connectivity index (χ1n) is 12.3. The molecule has 0 amide bonds. The largest absolute Gasteiger partial charge is 0.368 e. The van der Waals surface area contributed by atoms with Crippen LogP contribution in [0.15, 0.2) is 77.7 Å². The molecular weight excluding hydrogens is 550 g/mol. The Balaban J connectivity index is 1.65. The fourth-order valence-electron chi connectivity index (χ4n) is 4.49. The van der Waals surface area contributed by atoms with E-state index in [4.69, 9.17) is 22.3 Å². The molecule has 1 atom stereocenters. The summed E-state index contributed by atoms with van der Waals surface area (Å²) in [5.41, 5.74) is 9.30. The van der Waals surface area contributed by atoms with Crippen LogP contribution < -0.4 is 21.3 Å². The second-order valence-electron chi connectivity index (χ2n) is 9.34. The summed E-state index contributed by atoms with van der Waals surface area (Å²) in [5, 5.41) is 3.99. The summed E-state index contributed by atoms with van der Waals surface area (Å²) < 4.78 is 27.7. The molecule has 0 radical (unpaired) electrons. The number of sulfonamides is 1. The first-order chi connectivity index (χ1) is 19.0. The molecule has 0 spiro atoms. The number of aromatic nitrogens is 4. The van der Waals surface area contributed by atoms with Gasteiger partial charge < -0.3 is 11.1 Å². The third-order valence-electron chi connectivity index (χ3n) is 6.27. The maximum Gasteiger partial charge on any atom is 0.267 e. The molecule has 0 unspecified atom stereocenters. The van der Waals surface area contributed by atoms with Crippen molar-refractivity contribution in [3.05, 3.63) is 99.7 Å². The molecule has 2 heterocycles. The molecule has 204 valence electrons. The monoisotopic (exact) mass is 575 g/mol. The van der Waals surface area contributed by atoms with Gasteiger partial charge >= 0.3 is 0 Å². The smallest absolute Gasteiger partial charge is 0.267 e. The molecule has 0 aliphatic rings. The zero-order valence-corrected chi connectivity index (χ0v) is 23.5. The average Bonchev–Trinajstić information content (AvgIpc) is 2.89. The van der Waals surface area contributed by atoms with Crippen molar-refractivity contribution in [1.29, 1.82) is 0 Å². The SMILES string of the molecule is Cc1ccc(NS(C)(=O)=O)cc1-c1cnc(N)nc1N[C@@H](C)c1nc2cccc(Cl)c2c(=O)n1-c1ccccc1. The van der Waals surface area contributed by atoms with E-state index < -0.39 is 16.1 Å². The first-order valence-corrected chi connectivity index (χ1v) is 14.5. The van der Waals surface area contributed by atoms with Gasteiger partial charge in [0.15, 0.2) is 0 Å². The highest BCUT2D eigenvalue weighted by atomic mass is 35.5. The van der Waals surface area contributed by atoms with Crippen molar-refractivity contribution in [3.63, 3.8) is 0 Å². The normalized spacial score (nSPS) is 12.3. The van der Waals surface area contributed by atoms with E-state index in [1.54, 1.807) is 42.6 Å². The molecule has 0 saturated carbocycles. The maximum absolute atomic E-state index is 13.8. The average molecular weight is 576 g/mol. The Morgan fingerprint density at radius 3 is 2.48 bits per heavy atom. The van der Waals surface area contributed by atoms with E-state index in [9.17, 15) is 13.2 Å². The minimum Gasteiger partial charge on any atom is -0.368 e. The molecule has 0 aliphatic heterocycles. The summed E-state index contributed by atoms with van der Waals surface area (Å²) in [5.74, 6) is 0.859. The predicted molar refractivity (Wildman–Crippen MR) is 159 cm³/mol. The molecule has 3 aromatic carbocycles. The lowest BCUT2D eigenvalue weighted by Crippen LogP contribution is -2.27. The van der Waals surface area contributed by atoms with Crippen LogP contribution in [0.2, 0.25) is 5.02 Å². The molecule has 0 saturated heterocycles. The fourth-order valence-corrected chi connectivity index (χ4v) is 5.29. The van der Waals surface area contributed by atoms with Crippen LogP contribution in [0.1, 0.15) is 24.4 Å². The van der Waals surface area contributed by atoms with Gasteiger partial charge in [0.05, 0.1) is 33.9 Å². The number of benzene rings is 3. The van der Waals surface area contributed by atoms with Gasteiger partial charge in [-0.2, -0.15) is 4.98 Å². The van der Waals surface area contributed by atoms with E-state index in [1.165, 1.54) is 4.57 Å². The second-order valence-corrected chi connectivity index (χ2v) is 11.5. The van der Waals surface area contributed by atoms with E-state index >= 15 is 0 Å². The van der Waals surface area contributed by atoms with Crippen molar-refractivity contribution in [2.45, 2.75) is 19.9 Å². The summed E-state index contributed by atoms with van der Waals surface area (Å²) in [6.45, 7) is 3.75. The predicted octanol–water partition coefficient (Wildman–Crippen LogP) is 4.93. The molecule has 0 aliphatic carbocycles. The number of fused-ring (bicyclic) bond motifs is 1. The van der Waals surface area contributed by atoms with Crippen molar-refractivity contribution in [2.24, 2.45) is 0 Å². The van der Waals surface area contributed by atoms with Gasteiger partial charge in [0.25, 0.3) is 5.56 Å². The van der Waals surface area contributed by atoms with Gasteiger partial charge in [-0.1, -0.05) is 41.9 Å². The topological polar surface area (TPSA) is 145 Å². The summed E-state index contributed by atoms with van der Waals surface area (Å²) in [7, 11) is -3.48. The van der Waals surface area contributed by atoms with Gasteiger partial charge in [0, 0.05) is 17.4 Å². The fraction of sp³-hybridized carbons (Fsp3) is 0.143. The van der Waals surface area contributed by atoms with Gasteiger partial charge in [-0.3, -0.25) is 14.1 Å². The van der Waals surface area contributed by atoms with Crippen LogP contribution in [0.5, 0.6) is 0 Å². The highest BCUT2D eigenvalue weighted by Gasteiger charge is 2.22. The number of rotatable bonds is 7. The Hall–Kier alpha value is -4.48. The molecule has 5 rings (SSSR count). The Morgan fingerprint density at radius 2 is 1.75 bits per heavy atom. The van der Waals surface area contributed by atoms with Gasteiger partial charge in [0.2, 0.25) is 16.0 Å². The van der Waals surface area contributed by atoms with Crippen molar-refractivity contribution in [1.82, 2.24) is 19.5 Å². The molecule has 5 aromatic rings. The van der Waals surface area contributed by atoms with Crippen molar-refractivity contribution < 1.29 is 8.42 Å². The zero-order chi connectivity index (χ0) is 28.6. The summed E-state index contributed by atoms with van der Waals surface area (Å²) in [4.78, 5) is 27.2. The Morgan fingerprint density at radius 1 is 1.00 bits per heavy atom. The van der Waals surface area contributed by atoms with Gasteiger partial charge in [-0.25, -0.2) is 18.4 Å². The van der Waals surface area contributed by atoms with E-state index in [2.05, 4.69) is 20.0 Å². The highest BCUT2D eigenvalue weighted by Crippen LogP contribution is 2.33. The van der Waals surface area contributed by atoms with Crippen molar-refractivity contribution >= 4 is 50.0 Å². The van der Waals surface area contributed by atoms with E-state index in [-0.39, 0.29) is 11.5 Å². The number of aryl methyl sites for hydroxylation is 1. The summed E-state index contributed by atoms with van der Waals surface area (Å²) in [6, 6.07) is 19.0. The summed E-state index contributed by atoms with van der Waals surface area (Å²) in [6.07, 6.45) is 2.66. The van der Waals surface area contributed by atoms with Gasteiger partial charge in [-0.15, -0.1) is 0 Å². The van der Waals surface area contributed by atoms with Crippen LogP contribution in [0.25, 0.3) is 27.7 Å². The molecule has 4 N–H and O–H groups in total. The minimum absolute atomic E-state index is 0.0419. The van der Waals surface area contributed by atoms with E-state index in [0.717, 1.165) is 11.8 Å². The van der Waals surface area contributed by atoms with Crippen LogP contribution in [0.3, 0.4) is 0 Å². The minimum atomic E-state index is -3.48. The van der Waals surface area contributed by atoms with Crippen LogP contribution in [-0.2, 0) is 10.0 Å². The zero-order valence-electron chi connectivity index (χ0n) is 21.9.